The van der Waals surface area contributed by atoms with Crippen molar-refractivity contribution in [2.24, 2.45) is 34.5 Å². The van der Waals surface area contributed by atoms with Crippen molar-refractivity contribution in [3.8, 4) is 0 Å². The second kappa shape index (κ2) is 10.7. The summed E-state index contributed by atoms with van der Waals surface area (Å²) in [4.78, 5) is 65.4. The van der Waals surface area contributed by atoms with Gasteiger partial charge in [-0.05, 0) is 36.7 Å². The lowest BCUT2D eigenvalue weighted by Gasteiger charge is -2.62. The Bertz CT molecular complexity index is 1310. The number of aliphatic hydroxyl groups is 1. The minimum absolute atomic E-state index is 0.00276. The van der Waals surface area contributed by atoms with Gasteiger partial charge in [0.1, 0.15) is 23.9 Å². The molecule has 0 spiro atoms. The number of ether oxygens (including phenoxy) is 4. The van der Waals surface area contributed by atoms with Gasteiger partial charge in [0.05, 0.1) is 12.3 Å². The summed E-state index contributed by atoms with van der Waals surface area (Å²) in [5.74, 6) is -4.64. The first-order valence-corrected chi connectivity index (χ1v) is 15.1. The molecule has 0 radical (unpaired) electrons. The maximum absolute atomic E-state index is 15.1. The molecule has 0 amide bonds. The smallest absolute Gasteiger partial charge is 0.310 e. The number of carbonyl (C=O) groups excluding carboxylic acids is 5. The molecule has 1 N–H and O–H groups in total. The highest BCUT2D eigenvalue weighted by Crippen LogP contribution is 2.68. The van der Waals surface area contributed by atoms with E-state index in [1.165, 1.54) is 13.8 Å². The summed E-state index contributed by atoms with van der Waals surface area (Å²) >= 11 is 0. The predicted octanol–water partition coefficient (Wildman–Crippen LogP) is 3.35. The summed E-state index contributed by atoms with van der Waals surface area (Å²) in [6.07, 6.45) is -2.42. The van der Waals surface area contributed by atoms with Crippen molar-refractivity contribution < 1.29 is 48.0 Å². The van der Waals surface area contributed by atoms with Gasteiger partial charge in [-0.2, -0.15) is 0 Å². The lowest BCUT2D eigenvalue weighted by atomic mass is 9.44. The van der Waals surface area contributed by atoms with Crippen LogP contribution in [0.15, 0.2) is 30.3 Å². The Balaban J connectivity index is 1.66. The topological polar surface area (TPSA) is 142 Å². The van der Waals surface area contributed by atoms with Crippen LogP contribution in [0.4, 0.5) is 0 Å². The van der Waals surface area contributed by atoms with Gasteiger partial charge in [-0.15, -0.1) is 0 Å². The van der Waals surface area contributed by atoms with Crippen molar-refractivity contribution in [1.82, 2.24) is 0 Å². The van der Waals surface area contributed by atoms with Gasteiger partial charge in [0.15, 0.2) is 11.4 Å². The fourth-order valence-corrected chi connectivity index (χ4v) is 9.35. The standard InChI is InChI=1S/C33H42O10/c1-18-15-33(43-20(3)36)25(26(18)42-23(37)14-21-10-8-7-9-11-21)28(41-19(2)35)32(39)13-12-22-24(31(6,16-32)29(33)38)27(40-17-34)30(22,4)5/h7-11,17-18,22,24-28,39H,12-16H2,1-6H3/t18-,22-,24-,25+,26-,27+,28+,31-,32+,33+/m0/s1. The van der Waals surface area contributed by atoms with E-state index in [2.05, 4.69) is 0 Å². The molecule has 43 heavy (non-hydrogen) atoms. The second-order valence-corrected chi connectivity index (χ2v) is 14.0. The maximum atomic E-state index is 15.1. The minimum atomic E-state index is -1.87. The first kappa shape index (κ1) is 31.2. The number of esters is 3. The van der Waals surface area contributed by atoms with E-state index in [1.54, 1.807) is 26.0 Å². The van der Waals surface area contributed by atoms with Crippen LogP contribution in [0.25, 0.3) is 0 Å². The Morgan fingerprint density at radius 2 is 1.67 bits per heavy atom. The molecule has 1 aromatic rings. The fraction of sp³-hybridized carbons (Fsp3) is 0.667. The average Bonchev–Trinajstić information content (AvgIpc) is 3.07. The molecule has 0 heterocycles. The van der Waals surface area contributed by atoms with Crippen molar-refractivity contribution in [3.63, 3.8) is 0 Å². The zero-order valence-electron chi connectivity index (χ0n) is 25.7. The summed E-state index contributed by atoms with van der Waals surface area (Å²) in [6.45, 7) is 10.3. The molecule has 0 aromatic heterocycles. The highest BCUT2D eigenvalue weighted by molar-refractivity contribution is 5.96. The third-order valence-electron chi connectivity index (χ3n) is 10.9. The molecule has 10 heteroatoms. The van der Waals surface area contributed by atoms with Gasteiger partial charge >= 0.3 is 17.9 Å². The van der Waals surface area contributed by atoms with E-state index < -0.39 is 81.8 Å². The van der Waals surface area contributed by atoms with Gasteiger partial charge in [-0.25, -0.2) is 0 Å². The van der Waals surface area contributed by atoms with Crippen LogP contribution in [-0.2, 0) is 49.3 Å². The average molecular weight is 599 g/mol. The van der Waals surface area contributed by atoms with E-state index in [1.807, 2.05) is 32.0 Å². The Morgan fingerprint density at radius 3 is 2.28 bits per heavy atom. The normalized spacial score (nSPS) is 40.8. The number of carbonyl (C=O) groups is 5. The third kappa shape index (κ3) is 4.86. The minimum Gasteiger partial charge on any atom is -0.464 e. The van der Waals surface area contributed by atoms with Crippen LogP contribution in [0, 0.1) is 34.5 Å². The van der Waals surface area contributed by atoms with Crippen molar-refractivity contribution in [2.75, 3.05) is 0 Å². The van der Waals surface area contributed by atoms with Crippen LogP contribution in [0.3, 0.4) is 0 Å². The van der Waals surface area contributed by atoms with Crippen molar-refractivity contribution in [3.05, 3.63) is 35.9 Å². The van der Waals surface area contributed by atoms with Crippen molar-refractivity contribution >= 4 is 30.2 Å². The Kier molecular flexibility index (Phi) is 7.77. The molecular weight excluding hydrogens is 556 g/mol. The van der Waals surface area contributed by atoms with Crippen LogP contribution >= 0.6 is 0 Å². The number of ketones is 1. The number of Topliss-reactive ketones (excluding diaryl/α,β-unsaturated/α-hetero) is 1. The molecule has 4 saturated carbocycles. The molecule has 4 aliphatic carbocycles. The first-order valence-electron chi connectivity index (χ1n) is 15.1. The first-order chi connectivity index (χ1) is 20.1. The van der Waals surface area contributed by atoms with Gasteiger partial charge in [-0.3, -0.25) is 24.0 Å². The number of benzene rings is 1. The summed E-state index contributed by atoms with van der Waals surface area (Å²) < 4.78 is 23.6. The lowest BCUT2D eigenvalue weighted by molar-refractivity contribution is -0.223. The number of fused-ring (bicyclic) bond motifs is 5. The quantitative estimate of drug-likeness (QED) is 0.282. The third-order valence-corrected chi connectivity index (χ3v) is 10.9. The van der Waals surface area contributed by atoms with Gasteiger partial charge in [-0.1, -0.05) is 58.0 Å². The number of hydrogen-bond donors (Lipinski definition) is 1. The van der Waals surface area contributed by atoms with Gasteiger partial charge in [0.2, 0.25) is 0 Å². The predicted molar refractivity (Wildman–Crippen MR) is 151 cm³/mol. The van der Waals surface area contributed by atoms with E-state index in [0.717, 1.165) is 5.56 Å². The Morgan fingerprint density at radius 1 is 1.00 bits per heavy atom. The maximum Gasteiger partial charge on any atom is 0.310 e. The van der Waals surface area contributed by atoms with Gasteiger partial charge < -0.3 is 24.1 Å². The van der Waals surface area contributed by atoms with Crippen LogP contribution < -0.4 is 0 Å². The van der Waals surface area contributed by atoms with Crippen molar-refractivity contribution in [2.45, 2.75) is 103 Å². The number of rotatable bonds is 7. The molecule has 2 bridgehead atoms. The molecule has 0 saturated heterocycles. The van der Waals surface area contributed by atoms with Gasteiger partial charge in [0, 0.05) is 37.0 Å². The van der Waals surface area contributed by atoms with Crippen LogP contribution in [0.5, 0.6) is 0 Å². The molecule has 4 aliphatic rings. The van der Waals surface area contributed by atoms with E-state index in [0.29, 0.717) is 12.9 Å². The van der Waals surface area contributed by atoms with E-state index in [-0.39, 0.29) is 31.6 Å². The van der Waals surface area contributed by atoms with Crippen LogP contribution in [0.2, 0.25) is 0 Å². The zero-order valence-corrected chi connectivity index (χ0v) is 25.7. The highest BCUT2D eigenvalue weighted by atomic mass is 16.6. The molecule has 0 unspecified atom stereocenters. The van der Waals surface area contributed by atoms with Crippen LogP contribution in [-0.4, -0.2) is 64.8 Å². The SMILES string of the molecule is CC(=O)O[C@@H]1[C@H]2[C@@H](OC(=O)Cc3ccccc3)[C@@H](C)C[C@]2(OC(C)=O)C(=O)[C@@]2(C)C[C@]1(O)CC[C@H]1[C@H]2[C@@H](OC=O)C1(C)C. The van der Waals surface area contributed by atoms with Crippen molar-refractivity contribution in [1.29, 1.82) is 0 Å². The highest BCUT2D eigenvalue weighted by Gasteiger charge is 2.78. The zero-order chi connectivity index (χ0) is 31.5. The molecule has 10 nitrogen and oxygen atoms in total. The summed E-state index contributed by atoms with van der Waals surface area (Å²) in [5.41, 5.74) is -4.67. The molecule has 234 valence electrons. The largest absolute Gasteiger partial charge is 0.464 e. The molecule has 10 atom stereocenters. The molecule has 0 aliphatic heterocycles. The molecule has 5 rings (SSSR count). The van der Waals surface area contributed by atoms with E-state index >= 15 is 4.79 Å². The summed E-state index contributed by atoms with van der Waals surface area (Å²) in [6, 6.07) is 9.04. The Hall–Kier alpha value is -3.27. The van der Waals surface area contributed by atoms with E-state index in [9.17, 15) is 24.3 Å². The Labute approximate surface area is 251 Å². The lowest BCUT2D eigenvalue weighted by Crippen LogP contribution is -2.67. The van der Waals surface area contributed by atoms with Gasteiger partial charge in [0.25, 0.3) is 6.47 Å². The second-order valence-electron chi connectivity index (χ2n) is 14.0. The molecule has 1 aromatic carbocycles. The number of hydrogen-bond acceptors (Lipinski definition) is 10. The monoisotopic (exact) mass is 598 g/mol. The molecular formula is C33H42O10. The van der Waals surface area contributed by atoms with Crippen LogP contribution in [0.1, 0.15) is 72.8 Å². The summed E-state index contributed by atoms with van der Waals surface area (Å²) in [5, 5.41) is 12.6. The molecule has 4 fully saturated rings. The summed E-state index contributed by atoms with van der Waals surface area (Å²) in [7, 11) is 0. The van der Waals surface area contributed by atoms with E-state index in [4.69, 9.17) is 18.9 Å². The fourth-order valence-electron chi connectivity index (χ4n) is 9.35.